The van der Waals surface area contributed by atoms with Crippen molar-refractivity contribution in [1.29, 1.82) is 0 Å². The van der Waals surface area contributed by atoms with Crippen LogP contribution in [0.4, 0.5) is 38.2 Å². The maximum absolute atomic E-state index is 13.1. The molecule has 11 nitrogen and oxygen atoms in total. The van der Waals surface area contributed by atoms with Gasteiger partial charge in [0.1, 0.15) is 0 Å². The van der Waals surface area contributed by atoms with Crippen molar-refractivity contribution in [3.63, 3.8) is 0 Å². The number of morpholine rings is 1. The number of nitrogens with two attached hydrogens (primary N) is 1. The van der Waals surface area contributed by atoms with E-state index in [1.54, 1.807) is 24.3 Å². The van der Waals surface area contributed by atoms with Gasteiger partial charge in [-0.15, -0.1) is 5.10 Å². The monoisotopic (exact) mass is 613 g/mol. The van der Waals surface area contributed by atoms with Crippen LogP contribution in [0.25, 0.3) is 0 Å². The molecule has 0 spiro atoms. The van der Waals surface area contributed by atoms with Crippen LogP contribution in [0.3, 0.4) is 0 Å². The molecular formula is C23H26ClF6N7O4. The Labute approximate surface area is 234 Å². The minimum atomic E-state index is -5.62. The number of nitrogen functional groups attached to an aromatic ring is 1. The summed E-state index contributed by atoms with van der Waals surface area (Å²) in [6.07, 6.45) is -10.9. The number of nitrogens with one attached hydrogen (secondary N) is 1. The highest BCUT2D eigenvalue weighted by molar-refractivity contribution is 6.30. The van der Waals surface area contributed by atoms with Crippen molar-refractivity contribution in [2.24, 2.45) is 0 Å². The summed E-state index contributed by atoms with van der Waals surface area (Å²) in [6, 6.07) is 6.49. The number of hydrogen-bond acceptors (Lipinski definition) is 9. The SMILES string of the molecule is Nc1nc(N2CCC(N3C[C@H](C(=O)N(CC(F)(F)F)OC(=O)C(F)(F)F)OC[C@@H]3Cc3ccc(Cl)cc3)CC2)n[nH]1. The van der Waals surface area contributed by atoms with Gasteiger partial charge in [0.15, 0.2) is 12.6 Å². The number of nitrogens with zero attached hydrogens (tertiary/aromatic N) is 5. The van der Waals surface area contributed by atoms with E-state index in [2.05, 4.69) is 20.0 Å². The van der Waals surface area contributed by atoms with Gasteiger partial charge in [-0.2, -0.15) is 36.4 Å². The molecule has 3 heterocycles. The Kier molecular flexibility index (Phi) is 9.18. The van der Waals surface area contributed by atoms with Gasteiger partial charge in [0.2, 0.25) is 11.9 Å². The highest BCUT2D eigenvalue weighted by atomic mass is 35.5. The molecule has 3 N–H and O–H groups in total. The average Bonchev–Trinajstić information content (AvgIpc) is 3.34. The lowest BCUT2D eigenvalue weighted by molar-refractivity contribution is -0.260. The molecule has 226 valence electrons. The molecule has 2 aliphatic rings. The summed E-state index contributed by atoms with van der Waals surface area (Å²) in [4.78, 5) is 36.0. The van der Waals surface area contributed by atoms with E-state index in [9.17, 15) is 35.9 Å². The molecule has 1 amide bonds. The topological polar surface area (TPSA) is 130 Å². The first kappa shape index (κ1) is 30.6. The van der Waals surface area contributed by atoms with Gasteiger partial charge in [-0.25, -0.2) is 9.89 Å². The fourth-order valence-electron chi connectivity index (χ4n) is 4.82. The van der Waals surface area contributed by atoms with Crippen molar-refractivity contribution in [2.75, 3.05) is 43.4 Å². The van der Waals surface area contributed by atoms with Crippen molar-refractivity contribution in [3.05, 3.63) is 34.9 Å². The molecule has 41 heavy (non-hydrogen) atoms. The number of ether oxygens (including phenoxy) is 1. The minimum absolute atomic E-state index is 0.121. The molecule has 1 aromatic carbocycles. The second-order valence-electron chi connectivity index (χ2n) is 9.61. The number of hydroxylamine groups is 2. The van der Waals surface area contributed by atoms with Crippen LogP contribution < -0.4 is 10.6 Å². The Morgan fingerprint density at radius 2 is 1.80 bits per heavy atom. The molecule has 18 heteroatoms. The number of aromatic nitrogens is 3. The van der Waals surface area contributed by atoms with Crippen molar-refractivity contribution in [3.8, 4) is 0 Å². The number of anilines is 2. The largest absolute Gasteiger partial charge is 0.493 e. The first-order chi connectivity index (χ1) is 19.2. The number of carbonyl (C=O) groups excluding carboxylic acids is 2. The zero-order chi connectivity index (χ0) is 29.9. The van der Waals surface area contributed by atoms with E-state index in [0.29, 0.717) is 43.3 Å². The van der Waals surface area contributed by atoms with Crippen molar-refractivity contribution < 1.29 is 45.5 Å². The first-order valence-corrected chi connectivity index (χ1v) is 12.8. The maximum Gasteiger partial charge on any atom is 0.493 e. The molecular weight excluding hydrogens is 588 g/mol. The molecule has 2 saturated heterocycles. The highest BCUT2D eigenvalue weighted by Crippen LogP contribution is 2.29. The molecule has 2 aromatic rings. The number of carbonyl (C=O) groups is 2. The van der Waals surface area contributed by atoms with Crippen molar-refractivity contribution >= 4 is 35.4 Å². The number of rotatable bonds is 6. The summed E-state index contributed by atoms with van der Waals surface area (Å²) in [5.74, 6) is -3.95. The summed E-state index contributed by atoms with van der Waals surface area (Å²) >= 11 is 5.98. The number of halogens is 7. The number of piperidine rings is 1. The van der Waals surface area contributed by atoms with Crippen LogP contribution in [-0.4, -0.2) is 100 Å². The summed E-state index contributed by atoms with van der Waals surface area (Å²) in [5, 5.41) is 6.49. The van der Waals surface area contributed by atoms with E-state index in [1.165, 1.54) is 0 Å². The van der Waals surface area contributed by atoms with Crippen molar-refractivity contribution in [1.82, 2.24) is 25.1 Å². The van der Waals surface area contributed by atoms with Gasteiger partial charge in [-0.05, 0) is 37.0 Å². The Hall–Kier alpha value is -3.31. The van der Waals surface area contributed by atoms with Crippen LogP contribution >= 0.6 is 11.6 Å². The third-order valence-electron chi connectivity index (χ3n) is 6.70. The predicted molar refractivity (Wildman–Crippen MR) is 131 cm³/mol. The number of alkyl halides is 6. The van der Waals surface area contributed by atoms with Gasteiger partial charge in [0.05, 0.1) is 6.61 Å². The molecule has 2 fully saturated rings. The van der Waals surface area contributed by atoms with E-state index >= 15 is 0 Å². The van der Waals surface area contributed by atoms with Crippen LogP contribution in [0.5, 0.6) is 0 Å². The van der Waals surface area contributed by atoms with E-state index in [0.717, 1.165) is 5.56 Å². The van der Waals surface area contributed by atoms with Crippen LogP contribution in [0.1, 0.15) is 18.4 Å². The number of amides is 1. The zero-order valence-corrected chi connectivity index (χ0v) is 22.0. The lowest BCUT2D eigenvalue weighted by Crippen LogP contribution is -2.60. The minimum Gasteiger partial charge on any atom is -0.368 e. The molecule has 0 saturated carbocycles. The number of benzene rings is 1. The first-order valence-electron chi connectivity index (χ1n) is 12.4. The molecule has 1 aromatic heterocycles. The van der Waals surface area contributed by atoms with Gasteiger partial charge in [0, 0.05) is 36.7 Å². The van der Waals surface area contributed by atoms with Crippen LogP contribution in [-0.2, 0) is 25.6 Å². The Balaban J connectivity index is 1.52. The fraction of sp³-hybridized carbons (Fsp3) is 0.565. The van der Waals surface area contributed by atoms with Gasteiger partial charge in [-0.1, -0.05) is 23.7 Å². The van der Waals surface area contributed by atoms with E-state index < -0.39 is 41.9 Å². The Bertz CT molecular complexity index is 1200. The Morgan fingerprint density at radius 3 is 2.37 bits per heavy atom. The fourth-order valence-corrected chi connectivity index (χ4v) is 4.94. The third kappa shape index (κ3) is 8.13. The summed E-state index contributed by atoms with van der Waals surface area (Å²) in [6.45, 7) is -1.61. The third-order valence-corrected chi connectivity index (χ3v) is 6.95. The van der Waals surface area contributed by atoms with Crippen molar-refractivity contribution in [2.45, 2.75) is 49.8 Å². The van der Waals surface area contributed by atoms with Gasteiger partial charge in [-0.3, -0.25) is 9.69 Å². The normalized spacial score (nSPS) is 21.1. The predicted octanol–water partition coefficient (Wildman–Crippen LogP) is 2.73. The summed E-state index contributed by atoms with van der Waals surface area (Å²) < 4.78 is 83.1. The van der Waals surface area contributed by atoms with E-state index in [1.807, 2.05) is 9.80 Å². The summed E-state index contributed by atoms with van der Waals surface area (Å²) in [7, 11) is 0. The van der Waals surface area contributed by atoms with E-state index in [-0.39, 0.29) is 31.2 Å². The molecule has 2 atom stereocenters. The van der Waals surface area contributed by atoms with Gasteiger partial charge >= 0.3 is 18.3 Å². The van der Waals surface area contributed by atoms with Crippen LogP contribution in [0, 0.1) is 0 Å². The van der Waals surface area contributed by atoms with Gasteiger partial charge < -0.3 is 20.2 Å². The van der Waals surface area contributed by atoms with Crippen LogP contribution in [0.2, 0.25) is 5.02 Å². The second-order valence-corrected chi connectivity index (χ2v) is 10.0. The lowest BCUT2D eigenvalue weighted by Gasteiger charge is -2.46. The number of H-pyrrole nitrogens is 1. The summed E-state index contributed by atoms with van der Waals surface area (Å²) in [5.41, 5.74) is 6.48. The standard InChI is InChI=1S/C23H26ClF6N7O4/c24-14-3-1-13(2-4-14)9-16-11-40-17(18(38)37(12-22(25,26)27)41-19(39)23(28,29)30)10-36(16)15-5-7-35(8-6-15)21-32-20(31)33-34-21/h1-4,15-17H,5-12H2,(H3,31,32,33,34)/t16-,17+/m0/s1. The van der Waals surface area contributed by atoms with Crippen LogP contribution in [0.15, 0.2) is 24.3 Å². The van der Waals surface area contributed by atoms with E-state index in [4.69, 9.17) is 22.1 Å². The molecule has 0 unspecified atom stereocenters. The van der Waals surface area contributed by atoms with Gasteiger partial charge in [0.25, 0.3) is 5.91 Å². The Morgan fingerprint density at radius 1 is 1.15 bits per heavy atom. The highest BCUT2D eigenvalue weighted by Gasteiger charge is 2.47. The molecule has 2 aliphatic heterocycles. The molecule has 0 bridgehead atoms. The average molecular weight is 614 g/mol. The molecule has 4 rings (SSSR count). The maximum atomic E-state index is 13.1. The molecule has 0 radical (unpaired) electrons. The zero-order valence-electron chi connectivity index (χ0n) is 21.3. The quantitative estimate of drug-likeness (QED) is 0.373. The number of aromatic amines is 1. The smallest absolute Gasteiger partial charge is 0.368 e. The lowest BCUT2D eigenvalue weighted by atomic mass is 9.96. The second kappa shape index (κ2) is 12.3. The molecule has 0 aliphatic carbocycles. The number of hydrogen-bond donors (Lipinski definition) is 2.